The smallest absolute Gasteiger partial charge is 0.288 e. The summed E-state index contributed by atoms with van der Waals surface area (Å²) < 4.78 is 3.62. The molecule has 1 aromatic heterocycles. The van der Waals surface area contributed by atoms with Crippen LogP contribution in [0.2, 0.25) is 5.02 Å². The number of benzene rings is 3. The molecule has 140 valence electrons. The minimum Gasteiger partial charge on any atom is -0.288 e. The number of rotatable bonds is 3. The van der Waals surface area contributed by atoms with Crippen LogP contribution in [0, 0.1) is 6.92 Å². The van der Waals surface area contributed by atoms with Crippen molar-refractivity contribution in [2.75, 3.05) is 0 Å². The summed E-state index contributed by atoms with van der Waals surface area (Å²) >= 11 is 9.40. The molecule has 0 amide bonds. The third-order valence-corrected chi connectivity index (χ3v) is 5.52. The fourth-order valence-corrected chi connectivity index (χ4v) is 3.76. The molecule has 28 heavy (non-hydrogen) atoms. The maximum absolute atomic E-state index is 13.4. The van der Waals surface area contributed by atoms with E-state index in [1.165, 1.54) is 4.57 Å². The first-order chi connectivity index (χ1) is 13.5. The predicted molar refractivity (Wildman–Crippen MR) is 117 cm³/mol. The Labute approximate surface area is 174 Å². The van der Waals surface area contributed by atoms with E-state index in [0.717, 1.165) is 15.6 Å². The van der Waals surface area contributed by atoms with E-state index in [1.807, 2.05) is 37.3 Å². The second-order valence-corrected chi connectivity index (χ2v) is 7.93. The zero-order chi connectivity index (χ0) is 19.8. The minimum atomic E-state index is -0.384. The number of aryl methyl sites for hydroxylation is 1. The van der Waals surface area contributed by atoms with Gasteiger partial charge >= 0.3 is 5.69 Å². The van der Waals surface area contributed by atoms with Gasteiger partial charge in [-0.05, 0) is 60.5 Å². The average Bonchev–Trinajstić information content (AvgIpc) is 2.68. The van der Waals surface area contributed by atoms with Crippen LogP contribution in [0.15, 0.2) is 80.8 Å². The Kier molecular flexibility index (Phi) is 4.96. The predicted octanol–water partition coefficient (Wildman–Crippen LogP) is 4.93. The van der Waals surface area contributed by atoms with Crippen molar-refractivity contribution in [2.24, 2.45) is 0 Å². The molecular formula is C22H16BrClN2O2. The fourth-order valence-electron chi connectivity index (χ4n) is 3.27. The van der Waals surface area contributed by atoms with Crippen molar-refractivity contribution in [3.8, 4) is 5.69 Å². The molecule has 0 aliphatic rings. The lowest BCUT2D eigenvalue weighted by Gasteiger charge is -2.15. The maximum atomic E-state index is 13.4. The van der Waals surface area contributed by atoms with Gasteiger partial charge in [0, 0.05) is 9.50 Å². The first kappa shape index (κ1) is 18.7. The molecule has 0 radical (unpaired) electrons. The number of halogens is 2. The normalized spacial score (nSPS) is 11.1. The third-order valence-electron chi connectivity index (χ3n) is 4.78. The van der Waals surface area contributed by atoms with E-state index < -0.39 is 0 Å². The third kappa shape index (κ3) is 3.32. The molecule has 0 aliphatic heterocycles. The average molecular weight is 456 g/mol. The molecule has 0 atom stereocenters. The molecule has 1 heterocycles. The largest absolute Gasteiger partial charge is 0.336 e. The summed E-state index contributed by atoms with van der Waals surface area (Å²) in [6, 6.07) is 20.0. The number of aromatic nitrogens is 2. The first-order valence-electron chi connectivity index (χ1n) is 8.71. The highest BCUT2D eigenvalue weighted by Crippen LogP contribution is 2.19. The molecule has 0 saturated carbocycles. The summed E-state index contributed by atoms with van der Waals surface area (Å²) in [5.41, 5.74) is 2.46. The molecule has 4 nitrogen and oxygen atoms in total. The van der Waals surface area contributed by atoms with Crippen LogP contribution < -0.4 is 11.2 Å². The number of fused-ring (bicyclic) bond motifs is 1. The summed E-state index contributed by atoms with van der Waals surface area (Å²) in [5.74, 6) is 0. The van der Waals surface area contributed by atoms with E-state index in [2.05, 4.69) is 15.9 Å². The van der Waals surface area contributed by atoms with Gasteiger partial charge in [-0.1, -0.05) is 51.8 Å². The van der Waals surface area contributed by atoms with Crippen LogP contribution in [-0.2, 0) is 6.54 Å². The van der Waals surface area contributed by atoms with Crippen molar-refractivity contribution < 1.29 is 0 Å². The number of hydrogen-bond donors (Lipinski definition) is 0. The van der Waals surface area contributed by atoms with Gasteiger partial charge in [0.2, 0.25) is 0 Å². The van der Waals surface area contributed by atoms with Gasteiger partial charge in [-0.15, -0.1) is 0 Å². The summed E-state index contributed by atoms with van der Waals surface area (Å²) in [6.45, 7) is 2.38. The van der Waals surface area contributed by atoms with E-state index in [0.29, 0.717) is 28.2 Å². The standard InChI is InChI=1S/C22H16BrClN2O2/c1-14-4-2-3-5-15(14)13-25-20-11-6-16(23)12-19(20)21(27)26(22(25)28)18-9-7-17(24)8-10-18/h2-12H,13H2,1H3. The Morgan fingerprint density at radius 2 is 1.68 bits per heavy atom. The van der Waals surface area contributed by atoms with Crippen LogP contribution in [0.5, 0.6) is 0 Å². The summed E-state index contributed by atoms with van der Waals surface area (Å²) in [5, 5.41) is 1.01. The molecular weight excluding hydrogens is 440 g/mol. The Balaban J connectivity index is 2.06. The molecule has 0 N–H and O–H groups in total. The lowest BCUT2D eigenvalue weighted by atomic mass is 10.1. The van der Waals surface area contributed by atoms with Crippen LogP contribution in [0.25, 0.3) is 16.6 Å². The SMILES string of the molecule is Cc1ccccc1Cn1c(=O)n(-c2ccc(Cl)cc2)c(=O)c2cc(Br)ccc21. The zero-order valence-corrected chi connectivity index (χ0v) is 17.4. The van der Waals surface area contributed by atoms with Crippen LogP contribution in [0.4, 0.5) is 0 Å². The van der Waals surface area contributed by atoms with Crippen LogP contribution >= 0.6 is 27.5 Å². The van der Waals surface area contributed by atoms with Gasteiger partial charge in [-0.25, -0.2) is 9.36 Å². The van der Waals surface area contributed by atoms with Crippen molar-refractivity contribution >= 4 is 38.4 Å². The highest BCUT2D eigenvalue weighted by Gasteiger charge is 2.15. The van der Waals surface area contributed by atoms with E-state index in [9.17, 15) is 9.59 Å². The molecule has 4 aromatic rings. The monoisotopic (exact) mass is 454 g/mol. The van der Waals surface area contributed by atoms with Gasteiger partial charge in [-0.3, -0.25) is 9.36 Å². The van der Waals surface area contributed by atoms with E-state index in [-0.39, 0.29) is 11.2 Å². The fraction of sp³-hybridized carbons (Fsp3) is 0.0909. The van der Waals surface area contributed by atoms with Gasteiger partial charge in [0.05, 0.1) is 23.1 Å². The molecule has 0 unspecified atom stereocenters. The molecule has 0 fully saturated rings. The molecule has 0 saturated heterocycles. The number of hydrogen-bond acceptors (Lipinski definition) is 2. The number of nitrogens with zero attached hydrogens (tertiary/aromatic N) is 2. The van der Waals surface area contributed by atoms with E-state index in [1.54, 1.807) is 41.0 Å². The molecule has 0 spiro atoms. The van der Waals surface area contributed by atoms with Gasteiger partial charge in [0.1, 0.15) is 0 Å². The quantitative estimate of drug-likeness (QED) is 0.440. The van der Waals surface area contributed by atoms with Gasteiger partial charge < -0.3 is 0 Å². The highest BCUT2D eigenvalue weighted by atomic mass is 79.9. The summed E-state index contributed by atoms with van der Waals surface area (Å²) in [6.07, 6.45) is 0. The second-order valence-electron chi connectivity index (χ2n) is 6.57. The van der Waals surface area contributed by atoms with Gasteiger partial charge in [0.15, 0.2) is 0 Å². The molecule has 4 rings (SSSR count). The summed E-state index contributed by atoms with van der Waals surface area (Å²) in [7, 11) is 0. The van der Waals surface area contributed by atoms with Crippen molar-refractivity contribution in [1.82, 2.24) is 9.13 Å². The molecule has 6 heteroatoms. The summed E-state index contributed by atoms with van der Waals surface area (Å²) in [4.78, 5) is 26.5. The second kappa shape index (κ2) is 7.41. The van der Waals surface area contributed by atoms with Crippen LogP contribution in [0.3, 0.4) is 0 Å². The van der Waals surface area contributed by atoms with Gasteiger partial charge in [0.25, 0.3) is 5.56 Å². The highest BCUT2D eigenvalue weighted by molar-refractivity contribution is 9.10. The van der Waals surface area contributed by atoms with E-state index in [4.69, 9.17) is 11.6 Å². The molecule has 0 bridgehead atoms. The van der Waals surface area contributed by atoms with Crippen molar-refractivity contribution in [1.29, 1.82) is 0 Å². The Hall–Kier alpha value is -2.63. The van der Waals surface area contributed by atoms with Crippen LogP contribution in [0.1, 0.15) is 11.1 Å². The van der Waals surface area contributed by atoms with Crippen LogP contribution in [-0.4, -0.2) is 9.13 Å². The van der Waals surface area contributed by atoms with Gasteiger partial charge in [-0.2, -0.15) is 0 Å². The Morgan fingerprint density at radius 3 is 2.39 bits per heavy atom. The Morgan fingerprint density at radius 1 is 0.964 bits per heavy atom. The lowest BCUT2D eigenvalue weighted by Crippen LogP contribution is -2.39. The van der Waals surface area contributed by atoms with E-state index >= 15 is 0 Å². The Bertz CT molecular complexity index is 1310. The zero-order valence-electron chi connectivity index (χ0n) is 15.0. The molecule has 0 aliphatic carbocycles. The maximum Gasteiger partial charge on any atom is 0.336 e. The van der Waals surface area contributed by atoms with Crippen molar-refractivity contribution in [3.05, 3.63) is 108 Å². The van der Waals surface area contributed by atoms with Crippen molar-refractivity contribution in [3.63, 3.8) is 0 Å². The minimum absolute atomic E-state index is 0.357. The molecule has 3 aromatic carbocycles. The lowest BCUT2D eigenvalue weighted by molar-refractivity contribution is 0.712. The first-order valence-corrected chi connectivity index (χ1v) is 9.88. The topological polar surface area (TPSA) is 44.0 Å². The van der Waals surface area contributed by atoms with Crippen molar-refractivity contribution in [2.45, 2.75) is 13.5 Å².